The number of nitrogens with zero attached hydrogens (tertiary/aromatic N) is 1. The summed E-state index contributed by atoms with van der Waals surface area (Å²) in [7, 11) is -3.80. The van der Waals surface area contributed by atoms with Crippen LogP contribution in [0.4, 0.5) is 0 Å². The van der Waals surface area contributed by atoms with E-state index < -0.39 is 15.9 Å². The molecule has 3 N–H and O–H groups in total. The SMILES string of the molecule is NC(=O)c1ccccc1S(=O)(=O)N1CCC(C(=O)NC2CC2)CC1. The lowest BCUT2D eigenvalue weighted by molar-refractivity contribution is -0.126. The second-order valence-electron chi connectivity index (χ2n) is 6.32. The Balaban J connectivity index is 1.71. The number of carbonyl (C=O) groups is 2. The van der Waals surface area contributed by atoms with Gasteiger partial charge in [-0.2, -0.15) is 4.31 Å². The molecule has 24 heavy (non-hydrogen) atoms. The Kier molecular flexibility index (Phi) is 4.60. The highest BCUT2D eigenvalue weighted by atomic mass is 32.2. The maximum Gasteiger partial charge on any atom is 0.250 e. The van der Waals surface area contributed by atoms with E-state index in [1.807, 2.05) is 0 Å². The number of sulfonamides is 1. The van der Waals surface area contributed by atoms with Crippen molar-refractivity contribution in [2.24, 2.45) is 11.7 Å². The molecule has 1 aromatic rings. The van der Waals surface area contributed by atoms with Crippen LogP contribution in [0.1, 0.15) is 36.0 Å². The van der Waals surface area contributed by atoms with Crippen LogP contribution >= 0.6 is 0 Å². The molecule has 3 rings (SSSR count). The number of hydrogen-bond acceptors (Lipinski definition) is 4. The third-order valence-electron chi connectivity index (χ3n) is 4.52. The van der Waals surface area contributed by atoms with Crippen molar-refractivity contribution < 1.29 is 18.0 Å². The molecular weight excluding hydrogens is 330 g/mol. The van der Waals surface area contributed by atoms with E-state index in [1.165, 1.54) is 16.4 Å². The minimum Gasteiger partial charge on any atom is -0.366 e. The van der Waals surface area contributed by atoms with E-state index in [4.69, 9.17) is 5.73 Å². The molecule has 1 aliphatic carbocycles. The Hall–Kier alpha value is -1.93. The highest BCUT2D eigenvalue weighted by Crippen LogP contribution is 2.27. The molecular formula is C16H21N3O4S. The Morgan fingerprint density at radius 2 is 1.71 bits per heavy atom. The average Bonchev–Trinajstić information content (AvgIpc) is 3.39. The van der Waals surface area contributed by atoms with Gasteiger partial charge in [-0.1, -0.05) is 12.1 Å². The van der Waals surface area contributed by atoms with Gasteiger partial charge < -0.3 is 11.1 Å². The molecule has 2 aliphatic rings. The van der Waals surface area contributed by atoms with Crippen LogP contribution in [-0.4, -0.2) is 43.7 Å². The van der Waals surface area contributed by atoms with Gasteiger partial charge in [0.2, 0.25) is 21.8 Å². The van der Waals surface area contributed by atoms with Crippen LogP contribution in [0.25, 0.3) is 0 Å². The molecule has 130 valence electrons. The number of carbonyl (C=O) groups excluding carboxylic acids is 2. The van der Waals surface area contributed by atoms with Crippen LogP contribution in [0, 0.1) is 5.92 Å². The van der Waals surface area contributed by atoms with Gasteiger partial charge in [0.05, 0.1) is 10.5 Å². The molecule has 0 unspecified atom stereocenters. The van der Waals surface area contributed by atoms with E-state index in [-0.39, 0.29) is 35.4 Å². The molecule has 0 radical (unpaired) electrons. The van der Waals surface area contributed by atoms with Crippen molar-refractivity contribution >= 4 is 21.8 Å². The minimum absolute atomic E-state index is 0.00824. The first-order chi connectivity index (χ1) is 11.4. The molecule has 2 amide bonds. The van der Waals surface area contributed by atoms with Gasteiger partial charge in [0, 0.05) is 25.0 Å². The van der Waals surface area contributed by atoms with Gasteiger partial charge >= 0.3 is 0 Å². The summed E-state index contributed by atoms with van der Waals surface area (Å²) in [6.45, 7) is 0.524. The molecule has 0 aromatic heterocycles. The molecule has 0 atom stereocenters. The van der Waals surface area contributed by atoms with Crippen molar-refractivity contribution in [2.75, 3.05) is 13.1 Å². The summed E-state index contributed by atoms with van der Waals surface area (Å²) >= 11 is 0. The van der Waals surface area contributed by atoms with E-state index in [2.05, 4.69) is 5.32 Å². The first kappa shape index (κ1) is 16.9. The van der Waals surface area contributed by atoms with Crippen LogP contribution in [0.2, 0.25) is 0 Å². The molecule has 7 nitrogen and oxygen atoms in total. The highest BCUT2D eigenvalue weighted by Gasteiger charge is 2.35. The van der Waals surface area contributed by atoms with Crippen LogP contribution in [0.3, 0.4) is 0 Å². The molecule has 1 saturated carbocycles. The highest BCUT2D eigenvalue weighted by molar-refractivity contribution is 7.89. The second kappa shape index (κ2) is 6.52. The van der Waals surface area contributed by atoms with E-state index in [9.17, 15) is 18.0 Å². The number of hydrogen-bond donors (Lipinski definition) is 2. The van der Waals surface area contributed by atoms with Crippen LogP contribution in [0.5, 0.6) is 0 Å². The quantitative estimate of drug-likeness (QED) is 0.803. The number of piperidine rings is 1. The van der Waals surface area contributed by atoms with Crippen molar-refractivity contribution in [3.8, 4) is 0 Å². The topological polar surface area (TPSA) is 110 Å². The number of nitrogens with two attached hydrogens (primary N) is 1. The van der Waals surface area contributed by atoms with Crippen LogP contribution < -0.4 is 11.1 Å². The van der Waals surface area contributed by atoms with Crippen molar-refractivity contribution in [3.05, 3.63) is 29.8 Å². The maximum absolute atomic E-state index is 12.8. The Labute approximate surface area is 141 Å². The first-order valence-corrected chi connectivity index (χ1v) is 9.53. The van der Waals surface area contributed by atoms with Gasteiger partial charge in [-0.15, -0.1) is 0 Å². The number of primary amides is 1. The number of benzene rings is 1. The normalized spacial score (nSPS) is 19.8. The fourth-order valence-electron chi connectivity index (χ4n) is 2.94. The Morgan fingerprint density at radius 1 is 1.08 bits per heavy atom. The van der Waals surface area contributed by atoms with Gasteiger partial charge in [0.25, 0.3) is 0 Å². The summed E-state index contributed by atoms with van der Waals surface area (Å²) in [6, 6.07) is 6.25. The lowest BCUT2D eigenvalue weighted by atomic mass is 9.97. The maximum atomic E-state index is 12.8. The lowest BCUT2D eigenvalue weighted by Gasteiger charge is -2.31. The fraction of sp³-hybridized carbons (Fsp3) is 0.500. The molecule has 2 fully saturated rings. The zero-order valence-corrected chi connectivity index (χ0v) is 14.1. The minimum atomic E-state index is -3.80. The van der Waals surface area contributed by atoms with E-state index in [0.29, 0.717) is 18.9 Å². The van der Waals surface area contributed by atoms with Crippen molar-refractivity contribution in [1.82, 2.24) is 9.62 Å². The summed E-state index contributed by atoms with van der Waals surface area (Å²) in [5, 5.41) is 2.96. The number of rotatable bonds is 5. The van der Waals surface area contributed by atoms with Crippen molar-refractivity contribution in [1.29, 1.82) is 0 Å². The Morgan fingerprint density at radius 3 is 2.29 bits per heavy atom. The van der Waals surface area contributed by atoms with Gasteiger partial charge in [-0.05, 0) is 37.8 Å². The monoisotopic (exact) mass is 351 g/mol. The zero-order valence-electron chi connectivity index (χ0n) is 13.3. The summed E-state index contributed by atoms with van der Waals surface area (Å²) in [4.78, 5) is 23.5. The lowest BCUT2D eigenvalue weighted by Crippen LogP contribution is -2.43. The smallest absolute Gasteiger partial charge is 0.250 e. The predicted molar refractivity (Wildman–Crippen MR) is 87.6 cm³/mol. The van der Waals surface area contributed by atoms with E-state index in [0.717, 1.165) is 12.8 Å². The first-order valence-electron chi connectivity index (χ1n) is 8.09. The summed E-state index contributed by atoms with van der Waals surface area (Å²) < 4.78 is 26.9. The zero-order chi connectivity index (χ0) is 17.3. The standard InChI is InChI=1S/C16H21N3O4S/c17-15(20)13-3-1-2-4-14(13)24(22,23)19-9-7-11(8-10-19)16(21)18-12-5-6-12/h1-4,11-12H,5-10H2,(H2,17,20)(H,18,21). The molecule has 1 aromatic carbocycles. The van der Waals surface area contributed by atoms with E-state index in [1.54, 1.807) is 12.1 Å². The third kappa shape index (κ3) is 3.44. The molecule has 8 heteroatoms. The number of amides is 2. The molecule has 1 saturated heterocycles. The molecule has 1 aliphatic heterocycles. The van der Waals surface area contributed by atoms with E-state index >= 15 is 0 Å². The molecule has 0 spiro atoms. The van der Waals surface area contributed by atoms with Crippen LogP contribution in [0.15, 0.2) is 29.2 Å². The van der Waals surface area contributed by atoms with Crippen molar-refractivity contribution in [2.45, 2.75) is 36.6 Å². The van der Waals surface area contributed by atoms with Crippen LogP contribution in [-0.2, 0) is 14.8 Å². The molecule has 0 bridgehead atoms. The largest absolute Gasteiger partial charge is 0.366 e. The van der Waals surface area contributed by atoms with Gasteiger partial charge in [0.1, 0.15) is 0 Å². The third-order valence-corrected chi connectivity index (χ3v) is 6.48. The summed E-state index contributed by atoms with van der Waals surface area (Å²) in [5.74, 6) is -0.900. The average molecular weight is 351 g/mol. The second-order valence-corrected chi connectivity index (χ2v) is 8.23. The van der Waals surface area contributed by atoms with Gasteiger partial charge in [-0.3, -0.25) is 9.59 Å². The summed E-state index contributed by atoms with van der Waals surface area (Å²) in [6.07, 6.45) is 3.03. The van der Waals surface area contributed by atoms with Gasteiger partial charge in [-0.25, -0.2) is 8.42 Å². The van der Waals surface area contributed by atoms with Gasteiger partial charge in [0.15, 0.2) is 0 Å². The van der Waals surface area contributed by atoms with Crippen molar-refractivity contribution in [3.63, 3.8) is 0 Å². The fourth-order valence-corrected chi connectivity index (χ4v) is 4.61. The molecule has 1 heterocycles. The number of nitrogens with one attached hydrogen (secondary N) is 1. The Bertz CT molecular complexity index is 750. The summed E-state index contributed by atoms with van der Waals surface area (Å²) in [5.41, 5.74) is 5.27. The predicted octanol–water partition coefficient (Wildman–Crippen LogP) is 0.465.